The zero-order valence-corrected chi connectivity index (χ0v) is 21.4. The van der Waals surface area contributed by atoms with E-state index in [1.165, 1.54) is 25.0 Å². The topological polar surface area (TPSA) is 99.2 Å². The lowest BCUT2D eigenvalue weighted by molar-refractivity contribution is 0.0344. The first-order chi connectivity index (χ1) is 16.2. The van der Waals surface area contributed by atoms with E-state index in [2.05, 4.69) is 23.6 Å². The Bertz CT molecular complexity index is 1100. The molecule has 2 aliphatic rings. The summed E-state index contributed by atoms with van der Waals surface area (Å²) in [5.74, 6) is 0.943. The number of anilines is 1. The predicted molar refractivity (Wildman–Crippen MR) is 133 cm³/mol. The summed E-state index contributed by atoms with van der Waals surface area (Å²) in [5.41, 5.74) is 0.574. The Morgan fingerprint density at radius 1 is 1.29 bits per heavy atom. The highest BCUT2D eigenvalue weighted by Crippen LogP contribution is 2.33. The molecule has 2 heterocycles. The normalized spacial score (nSPS) is 22.0. The summed E-state index contributed by atoms with van der Waals surface area (Å²) in [7, 11) is -1.66. The molecule has 1 saturated carbocycles. The van der Waals surface area contributed by atoms with Gasteiger partial charge in [0.1, 0.15) is 16.1 Å². The molecule has 1 amide bonds. The number of fused-ring (bicyclic) bond motifs is 1. The number of ether oxygens (including phenoxy) is 1. The highest BCUT2D eigenvalue weighted by atomic mass is 32.2. The van der Waals surface area contributed by atoms with E-state index in [4.69, 9.17) is 4.74 Å². The number of benzene rings is 1. The number of hydrogen-bond donors (Lipinski definition) is 2. The van der Waals surface area contributed by atoms with Gasteiger partial charge in [0.15, 0.2) is 0 Å². The maximum absolute atomic E-state index is 13.5. The van der Waals surface area contributed by atoms with Crippen molar-refractivity contribution in [1.82, 2.24) is 9.80 Å². The summed E-state index contributed by atoms with van der Waals surface area (Å²) in [6, 6.07) is 7.64. The maximum Gasteiger partial charge on any atom is 0.271 e. The summed E-state index contributed by atoms with van der Waals surface area (Å²) in [6.45, 7) is 5.90. The van der Waals surface area contributed by atoms with Crippen LogP contribution in [0.2, 0.25) is 0 Å². The van der Waals surface area contributed by atoms with Gasteiger partial charge in [-0.1, -0.05) is 13.0 Å². The van der Waals surface area contributed by atoms with Crippen molar-refractivity contribution in [3.63, 3.8) is 0 Å². The van der Waals surface area contributed by atoms with Gasteiger partial charge in [0.05, 0.1) is 18.2 Å². The Hall–Kier alpha value is -2.14. The monoisotopic (exact) mass is 507 g/mol. The number of aliphatic hydroxyl groups excluding tert-OH is 1. The number of carbonyl (C=O) groups is 1. The fourth-order valence-electron chi connectivity index (χ4n) is 4.25. The van der Waals surface area contributed by atoms with Gasteiger partial charge in [0.2, 0.25) is 0 Å². The van der Waals surface area contributed by atoms with Gasteiger partial charge in [-0.2, -0.15) is 0 Å². The van der Waals surface area contributed by atoms with E-state index in [-0.39, 0.29) is 46.0 Å². The van der Waals surface area contributed by atoms with Crippen LogP contribution in [0.5, 0.6) is 5.75 Å². The lowest BCUT2D eigenvalue weighted by Gasteiger charge is -2.38. The maximum atomic E-state index is 13.5. The molecule has 3 atom stereocenters. The summed E-state index contributed by atoms with van der Waals surface area (Å²) in [5, 5.41) is 11.5. The minimum absolute atomic E-state index is 0.0461. The van der Waals surface area contributed by atoms with E-state index in [0.717, 1.165) is 30.3 Å². The summed E-state index contributed by atoms with van der Waals surface area (Å²) in [6.07, 6.45) is 2.39. The minimum Gasteiger partial charge on any atom is -0.488 e. The fraction of sp³-hybridized carbons (Fsp3) is 0.542. The van der Waals surface area contributed by atoms with Crippen molar-refractivity contribution in [2.75, 3.05) is 38.0 Å². The molecule has 1 aliphatic heterocycles. The van der Waals surface area contributed by atoms with Gasteiger partial charge in [-0.3, -0.25) is 9.52 Å². The van der Waals surface area contributed by atoms with E-state index >= 15 is 0 Å². The molecule has 0 unspecified atom stereocenters. The molecule has 0 radical (unpaired) electrons. The first kappa shape index (κ1) is 25.0. The van der Waals surface area contributed by atoms with Crippen molar-refractivity contribution in [1.29, 1.82) is 0 Å². The number of amides is 1. The van der Waals surface area contributed by atoms with Crippen LogP contribution in [-0.2, 0) is 10.0 Å². The molecule has 0 spiro atoms. The van der Waals surface area contributed by atoms with Crippen molar-refractivity contribution in [2.45, 2.75) is 43.0 Å². The van der Waals surface area contributed by atoms with Crippen LogP contribution in [0.15, 0.2) is 39.9 Å². The molecule has 8 nitrogen and oxygen atoms in total. The zero-order valence-electron chi connectivity index (χ0n) is 19.8. The Morgan fingerprint density at radius 2 is 2.06 bits per heavy atom. The number of rotatable bonds is 9. The molecular weight excluding hydrogens is 474 g/mol. The molecular formula is C24H33N3O5S2. The number of likely N-dealkylation sites (N-methyl/N-ethyl adjacent to an activating group) is 1. The fourth-order valence-corrected chi connectivity index (χ4v) is 6.29. The molecule has 34 heavy (non-hydrogen) atoms. The second kappa shape index (κ2) is 10.2. The number of nitrogens with one attached hydrogen (secondary N) is 1. The van der Waals surface area contributed by atoms with Gasteiger partial charge < -0.3 is 19.6 Å². The lowest BCUT2D eigenvalue weighted by atomic mass is 9.99. The average Bonchev–Trinajstić information content (AvgIpc) is 3.41. The Labute approximate surface area is 205 Å². The number of nitrogens with zero attached hydrogens (tertiary/aromatic N) is 2. The average molecular weight is 508 g/mol. The Morgan fingerprint density at radius 3 is 2.71 bits per heavy atom. The van der Waals surface area contributed by atoms with Crippen LogP contribution < -0.4 is 9.46 Å². The molecule has 2 aromatic rings. The highest BCUT2D eigenvalue weighted by Gasteiger charge is 2.34. The Balaban J connectivity index is 1.64. The largest absolute Gasteiger partial charge is 0.488 e. The third-order valence-corrected chi connectivity index (χ3v) is 9.21. The van der Waals surface area contributed by atoms with E-state index in [1.54, 1.807) is 28.5 Å². The van der Waals surface area contributed by atoms with Crippen LogP contribution in [0.25, 0.3) is 0 Å². The number of sulfonamides is 1. The molecule has 1 fully saturated rings. The molecule has 10 heteroatoms. The van der Waals surface area contributed by atoms with Gasteiger partial charge in [0.25, 0.3) is 15.9 Å². The van der Waals surface area contributed by atoms with Gasteiger partial charge in [-0.05, 0) is 62.4 Å². The molecule has 0 saturated heterocycles. The molecule has 1 aromatic carbocycles. The van der Waals surface area contributed by atoms with E-state index in [0.29, 0.717) is 12.3 Å². The Kier molecular flexibility index (Phi) is 7.51. The first-order valence-electron chi connectivity index (χ1n) is 11.7. The van der Waals surface area contributed by atoms with Crippen LogP contribution in [0.1, 0.15) is 37.0 Å². The molecule has 1 aliphatic carbocycles. The SMILES string of the molecule is C[C@H]1CN([C@@H](C)CO)C(=O)c2cc(NS(=O)(=O)c3cccs3)ccc2O[C@H]1CN(C)CC1CC1. The molecule has 1 aromatic heterocycles. The number of thiophene rings is 1. The quantitative estimate of drug-likeness (QED) is 0.541. The molecule has 4 rings (SSSR count). The summed E-state index contributed by atoms with van der Waals surface area (Å²) < 4.78 is 34.5. The van der Waals surface area contributed by atoms with Gasteiger partial charge in [-0.15, -0.1) is 11.3 Å². The van der Waals surface area contributed by atoms with Crippen LogP contribution in [-0.4, -0.2) is 74.7 Å². The first-order valence-corrected chi connectivity index (χ1v) is 14.0. The van der Waals surface area contributed by atoms with Gasteiger partial charge >= 0.3 is 0 Å². The van der Waals surface area contributed by atoms with E-state index < -0.39 is 10.0 Å². The third-order valence-electron chi connectivity index (χ3n) is 6.44. The lowest BCUT2D eigenvalue weighted by Crippen LogP contribution is -2.50. The van der Waals surface area contributed by atoms with Crippen molar-refractivity contribution < 1.29 is 23.1 Å². The highest BCUT2D eigenvalue weighted by molar-refractivity contribution is 7.94. The second-order valence-electron chi connectivity index (χ2n) is 9.54. The van der Waals surface area contributed by atoms with Crippen molar-refractivity contribution in [3.8, 4) is 5.75 Å². The molecule has 186 valence electrons. The smallest absolute Gasteiger partial charge is 0.271 e. The zero-order chi connectivity index (χ0) is 24.5. The number of hydrogen-bond acceptors (Lipinski definition) is 7. The number of carbonyl (C=O) groups excluding carboxylic acids is 1. The summed E-state index contributed by atoms with van der Waals surface area (Å²) in [4.78, 5) is 17.5. The standard InChI is InChI=1S/C24H33N3O5S2/c1-16-12-27(17(2)15-28)24(29)20-11-19(25-34(30,31)23-5-4-10-33-23)8-9-21(20)32-22(16)14-26(3)13-18-6-7-18/h4-5,8-11,16-18,22,25,28H,6-7,12-15H2,1-3H3/t16-,17-,22-/m0/s1. The molecule has 0 bridgehead atoms. The van der Waals surface area contributed by atoms with Crippen molar-refractivity contribution >= 4 is 33.0 Å². The minimum atomic E-state index is -3.75. The number of aliphatic hydroxyl groups is 1. The second-order valence-corrected chi connectivity index (χ2v) is 12.4. The predicted octanol–water partition coefficient (Wildman–Crippen LogP) is 3.11. The van der Waals surface area contributed by atoms with Crippen molar-refractivity contribution in [3.05, 3.63) is 41.3 Å². The van der Waals surface area contributed by atoms with Gasteiger partial charge in [0, 0.05) is 31.2 Å². The molecule has 2 N–H and O–H groups in total. The third kappa shape index (κ3) is 5.73. The van der Waals surface area contributed by atoms with Crippen LogP contribution in [0.3, 0.4) is 0 Å². The van der Waals surface area contributed by atoms with E-state index in [9.17, 15) is 18.3 Å². The van der Waals surface area contributed by atoms with Crippen LogP contribution in [0.4, 0.5) is 5.69 Å². The summed E-state index contributed by atoms with van der Waals surface area (Å²) >= 11 is 1.12. The van der Waals surface area contributed by atoms with E-state index in [1.807, 2.05) is 6.92 Å². The van der Waals surface area contributed by atoms with Gasteiger partial charge in [-0.25, -0.2) is 8.42 Å². The van der Waals surface area contributed by atoms with Crippen molar-refractivity contribution in [2.24, 2.45) is 11.8 Å². The van der Waals surface area contributed by atoms with Crippen LogP contribution in [0, 0.1) is 11.8 Å². The van der Waals surface area contributed by atoms with Crippen LogP contribution >= 0.6 is 11.3 Å².